The third-order valence-electron chi connectivity index (χ3n) is 7.66. The molecule has 0 aliphatic heterocycles. The van der Waals surface area contributed by atoms with Gasteiger partial charge >= 0.3 is 11.9 Å². The first-order chi connectivity index (χ1) is 23.9. The van der Waals surface area contributed by atoms with E-state index < -0.39 is 5.97 Å². The number of unbranched alkanes of at least 4 members (excludes halogenated alkanes) is 8. The van der Waals surface area contributed by atoms with Gasteiger partial charge < -0.3 is 14.4 Å². The summed E-state index contributed by atoms with van der Waals surface area (Å²) >= 11 is 2.93. The molecule has 0 aliphatic rings. The molecule has 0 unspecified atom stereocenters. The second kappa shape index (κ2) is 20.7. The van der Waals surface area contributed by atoms with Crippen LogP contribution in [-0.4, -0.2) is 43.7 Å². The molecule has 0 spiro atoms. The van der Waals surface area contributed by atoms with Gasteiger partial charge in [0, 0.05) is 37.9 Å². The predicted molar refractivity (Wildman–Crippen MR) is 200 cm³/mol. The molecule has 0 N–H and O–H groups in total. The lowest BCUT2D eigenvalue weighted by Gasteiger charge is -2.19. The molecule has 4 rings (SSSR count). The molecule has 0 amide bonds. The molecule has 0 bridgehead atoms. The van der Waals surface area contributed by atoms with Gasteiger partial charge in [0.1, 0.15) is 9.83 Å². The van der Waals surface area contributed by atoms with Crippen LogP contribution in [0.25, 0.3) is 9.53 Å². The predicted octanol–water partition coefficient (Wildman–Crippen LogP) is 11.1. The number of hydrogen-bond donors (Lipinski definition) is 0. The maximum atomic E-state index is 11.2. The minimum Gasteiger partial charge on any atom is -0.463 e. The van der Waals surface area contributed by atoms with E-state index in [1.165, 1.54) is 73.7 Å². The second-order valence-electron chi connectivity index (χ2n) is 11.4. The van der Waals surface area contributed by atoms with Crippen molar-refractivity contribution in [2.24, 2.45) is 20.5 Å². The van der Waals surface area contributed by atoms with E-state index in [0.29, 0.717) is 24.8 Å². The van der Waals surface area contributed by atoms with E-state index in [9.17, 15) is 9.59 Å². The van der Waals surface area contributed by atoms with Crippen LogP contribution in [0.4, 0.5) is 27.2 Å². The van der Waals surface area contributed by atoms with E-state index in [4.69, 9.17) is 9.47 Å². The van der Waals surface area contributed by atoms with Crippen LogP contribution < -0.4 is 4.90 Å². The number of thiophene rings is 1. The first-order valence-corrected chi connectivity index (χ1v) is 18.3. The molecule has 12 heteroatoms. The molecule has 49 heavy (non-hydrogen) atoms. The van der Waals surface area contributed by atoms with Crippen LogP contribution >= 0.6 is 22.7 Å². The molecule has 4 aromatic rings. The number of hydrogen-bond acceptors (Lipinski definition) is 12. The number of rotatable bonds is 22. The van der Waals surface area contributed by atoms with Crippen LogP contribution in [0.1, 0.15) is 63.4 Å². The smallest absolute Gasteiger partial charge is 0.330 e. The normalized spacial score (nSPS) is 11.4. The van der Waals surface area contributed by atoms with Gasteiger partial charge in [-0.05, 0) is 60.9 Å². The molecule has 0 radical (unpaired) electrons. The van der Waals surface area contributed by atoms with Crippen LogP contribution in [0.2, 0.25) is 0 Å². The van der Waals surface area contributed by atoms with E-state index in [1.54, 1.807) is 0 Å². The molecule has 0 aliphatic carbocycles. The molecule has 258 valence electrons. The standard InChI is InChI=1S/C37H44N6O4S2/c1-4-34(44)46-25-14-12-10-8-6-7-9-11-13-24-43(3)31-21-19-30(20-22-31)40-42-37-38-36-32(48-37)27-33(49-36)41-39-29-17-15-28(16-18-29)23-26-47-35(45)5-2/h4-5,15-22,27H,1-2,6-14,23-26H2,3H3/b41-39+,42-40+. The lowest BCUT2D eigenvalue weighted by atomic mass is 10.1. The van der Waals surface area contributed by atoms with E-state index >= 15 is 0 Å². The molecule has 2 heterocycles. The summed E-state index contributed by atoms with van der Waals surface area (Å²) in [6, 6.07) is 17.8. The topological polar surface area (TPSA) is 118 Å². The van der Waals surface area contributed by atoms with Gasteiger partial charge in [-0.3, -0.25) is 0 Å². The Kier molecular flexibility index (Phi) is 15.8. The Balaban J connectivity index is 1.12. The Hall–Kier alpha value is -4.55. The van der Waals surface area contributed by atoms with Gasteiger partial charge in [-0.1, -0.05) is 92.9 Å². The van der Waals surface area contributed by atoms with E-state index in [0.717, 1.165) is 62.6 Å². The summed E-state index contributed by atoms with van der Waals surface area (Å²) in [5.41, 5.74) is 3.73. The highest BCUT2D eigenvalue weighted by Gasteiger charge is 2.09. The molecular formula is C37H44N6O4S2. The molecular weight excluding hydrogens is 657 g/mol. The summed E-state index contributed by atoms with van der Waals surface area (Å²) in [4.78, 5) is 29.9. The maximum absolute atomic E-state index is 11.2. The van der Waals surface area contributed by atoms with Gasteiger partial charge in [0.05, 0.1) is 29.3 Å². The summed E-state index contributed by atoms with van der Waals surface area (Å²) in [5.74, 6) is -0.754. The molecule has 0 fully saturated rings. The molecule has 2 aromatic carbocycles. The quantitative estimate of drug-likeness (QED) is 0.0348. The summed E-state index contributed by atoms with van der Waals surface area (Å²) in [6.45, 7) is 8.61. The van der Waals surface area contributed by atoms with Crippen molar-refractivity contribution < 1.29 is 19.1 Å². The Labute approximate surface area is 296 Å². The molecule has 10 nitrogen and oxygen atoms in total. The van der Waals surface area contributed by atoms with Crippen molar-refractivity contribution >= 4 is 71.3 Å². The van der Waals surface area contributed by atoms with Crippen molar-refractivity contribution in [3.8, 4) is 0 Å². The number of aromatic nitrogens is 1. The average Bonchev–Trinajstić information content (AvgIpc) is 3.69. The Morgan fingerprint density at radius 2 is 1.31 bits per heavy atom. The zero-order valence-corrected chi connectivity index (χ0v) is 29.7. The third kappa shape index (κ3) is 13.5. The number of carbonyl (C=O) groups is 2. The van der Waals surface area contributed by atoms with Crippen LogP contribution in [0, 0.1) is 0 Å². The molecule has 2 aromatic heterocycles. The van der Waals surface area contributed by atoms with Crippen LogP contribution in [0.5, 0.6) is 0 Å². The van der Waals surface area contributed by atoms with Gasteiger partial charge in [0.2, 0.25) is 5.13 Å². The fourth-order valence-corrected chi connectivity index (χ4v) is 6.74. The monoisotopic (exact) mass is 700 g/mol. The van der Waals surface area contributed by atoms with Gasteiger partial charge in [0.15, 0.2) is 0 Å². The Bertz CT molecular complexity index is 1660. The number of thiazole rings is 1. The van der Waals surface area contributed by atoms with E-state index in [-0.39, 0.29) is 5.97 Å². The lowest BCUT2D eigenvalue weighted by Crippen LogP contribution is -2.18. The minimum absolute atomic E-state index is 0.307. The first kappa shape index (κ1) is 37.3. The van der Waals surface area contributed by atoms with Gasteiger partial charge in [0.25, 0.3) is 0 Å². The molecule has 0 atom stereocenters. The number of anilines is 1. The maximum Gasteiger partial charge on any atom is 0.330 e. The highest BCUT2D eigenvalue weighted by Crippen LogP contribution is 2.39. The zero-order chi connectivity index (χ0) is 34.7. The van der Waals surface area contributed by atoms with Gasteiger partial charge in [-0.2, -0.15) is 0 Å². The number of ether oxygens (including phenoxy) is 2. The highest BCUT2D eigenvalue weighted by molar-refractivity contribution is 7.30. The van der Waals surface area contributed by atoms with Crippen LogP contribution in [-0.2, 0) is 25.5 Å². The van der Waals surface area contributed by atoms with Crippen molar-refractivity contribution in [2.75, 3.05) is 31.7 Å². The van der Waals surface area contributed by atoms with Gasteiger partial charge in [-0.15, -0.1) is 20.5 Å². The summed E-state index contributed by atoms with van der Waals surface area (Å²) in [5, 5.41) is 18.8. The Morgan fingerprint density at radius 3 is 1.94 bits per heavy atom. The van der Waals surface area contributed by atoms with Crippen molar-refractivity contribution in [1.29, 1.82) is 0 Å². The number of carbonyl (C=O) groups excluding carboxylic acids is 2. The fourth-order valence-electron chi connectivity index (χ4n) is 4.89. The van der Waals surface area contributed by atoms with Crippen molar-refractivity contribution in [1.82, 2.24) is 4.98 Å². The van der Waals surface area contributed by atoms with Crippen LogP contribution in [0.15, 0.2) is 100 Å². The van der Waals surface area contributed by atoms with E-state index in [1.807, 2.05) is 42.5 Å². The number of nitrogens with zero attached hydrogens (tertiary/aromatic N) is 6. The Morgan fingerprint density at radius 1 is 0.735 bits per heavy atom. The number of azo groups is 2. The number of esters is 2. The fraction of sp³-hybridized carbons (Fsp3) is 0.378. The lowest BCUT2D eigenvalue weighted by molar-refractivity contribution is -0.138. The van der Waals surface area contributed by atoms with Crippen molar-refractivity contribution in [2.45, 2.75) is 64.2 Å². The number of fused-ring (bicyclic) bond motifs is 1. The summed E-state index contributed by atoms with van der Waals surface area (Å²) in [6.07, 6.45) is 13.7. The third-order valence-corrected chi connectivity index (χ3v) is 9.59. The van der Waals surface area contributed by atoms with E-state index in [2.05, 4.69) is 62.7 Å². The molecule has 0 saturated heterocycles. The first-order valence-electron chi connectivity index (χ1n) is 16.7. The molecule has 0 saturated carbocycles. The van der Waals surface area contributed by atoms with Gasteiger partial charge in [-0.25, -0.2) is 14.6 Å². The SMILES string of the molecule is C=CC(=O)OCCCCCCCCCCCN(C)c1ccc(/N=N/c2nc3sc(/N=N/c4ccc(CCOC(=O)C=C)cc4)cc3s2)cc1. The largest absolute Gasteiger partial charge is 0.463 e. The minimum atomic E-state index is -0.420. The van der Waals surface area contributed by atoms with Crippen molar-refractivity contribution in [3.05, 3.63) is 85.5 Å². The average molecular weight is 701 g/mol. The van der Waals surface area contributed by atoms with Crippen molar-refractivity contribution in [3.63, 3.8) is 0 Å². The second-order valence-corrected chi connectivity index (χ2v) is 13.4. The number of benzene rings is 2. The summed E-state index contributed by atoms with van der Waals surface area (Å²) in [7, 11) is 2.13. The highest BCUT2D eigenvalue weighted by atomic mass is 32.1. The van der Waals surface area contributed by atoms with Crippen LogP contribution in [0.3, 0.4) is 0 Å². The summed E-state index contributed by atoms with van der Waals surface area (Å²) < 4.78 is 11.0. The zero-order valence-electron chi connectivity index (χ0n) is 28.1.